The molecule has 0 N–H and O–H groups in total. The first kappa shape index (κ1) is 15.8. The van der Waals surface area contributed by atoms with Crippen LogP contribution in [-0.4, -0.2) is 16.8 Å². The molecule has 0 aliphatic heterocycles. The van der Waals surface area contributed by atoms with Gasteiger partial charge in [0.25, 0.3) is 0 Å². The number of benzene rings is 1. The van der Waals surface area contributed by atoms with Crippen molar-refractivity contribution >= 4 is 23.8 Å². The van der Waals surface area contributed by atoms with Gasteiger partial charge in [-0.05, 0) is 38.5 Å². The van der Waals surface area contributed by atoms with Gasteiger partial charge in [-0.1, -0.05) is 32.0 Å². The maximum Gasteiger partial charge on any atom is 0.331 e. The molecule has 0 fully saturated rings. The van der Waals surface area contributed by atoms with Crippen LogP contribution in [0.2, 0.25) is 0 Å². The van der Waals surface area contributed by atoms with Crippen molar-refractivity contribution in [2.75, 3.05) is 0 Å². The van der Waals surface area contributed by atoms with Crippen molar-refractivity contribution in [1.82, 2.24) is 0 Å². The van der Waals surface area contributed by atoms with E-state index in [1.54, 1.807) is 11.8 Å². The maximum absolute atomic E-state index is 11.6. The number of hydrogen-bond acceptors (Lipinski definition) is 3. The average molecular weight is 278 g/mol. The van der Waals surface area contributed by atoms with Crippen LogP contribution in [0.4, 0.5) is 0 Å². The zero-order chi connectivity index (χ0) is 14.5. The minimum absolute atomic E-state index is 0.308. The first-order valence-corrected chi connectivity index (χ1v) is 7.32. The summed E-state index contributed by atoms with van der Waals surface area (Å²) in [7, 11) is 0. The molecule has 0 unspecified atom stereocenters. The van der Waals surface area contributed by atoms with Gasteiger partial charge < -0.3 is 4.74 Å². The molecule has 2 nitrogen and oxygen atoms in total. The van der Waals surface area contributed by atoms with Gasteiger partial charge in [0.15, 0.2) is 0 Å². The quantitative estimate of drug-likeness (QED) is 0.459. The second-order valence-corrected chi connectivity index (χ2v) is 7.19. The highest BCUT2D eigenvalue weighted by Crippen LogP contribution is 2.27. The first-order chi connectivity index (χ1) is 8.78. The van der Waals surface area contributed by atoms with E-state index in [2.05, 4.69) is 19.9 Å². The Morgan fingerprint density at radius 1 is 1.26 bits per heavy atom. The van der Waals surface area contributed by atoms with Crippen LogP contribution in [0.15, 0.2) is 35.2 Å². The summed E-state index contributed by atoms with van der Waals surface area (Å²) in [6, 6.07) is 8.06. The lowest BCUT2D eigenvalue weighted by Crippen LogP contribution is -2.22. The monoisotopic (exact) mass is 278 g/mol. The van der Waals surface area contributed by atoms with E-state index in [4.69, 9.17) is 4.74 Å². The van der Waals surface area contributed by atoms with Crippen LogP contribution in [-0.2, 0) is 9.53 Å². The fraction of sp³-hybridized carbons (Fsp3) is 0.438. The minimum Gasteiger partial charge on any atom is -0.457 e. The lowest BCUT2D eigenvalue weighted by atomic mass is 10.2. The molecule has 0 saturated heterocycles. The minimum atomic E-state index is -0.451. The van der Waals surface area contributed by atoms with Crippen LogP contribution in [0.5, 0.6) is 0 Å². The molecular formula is C16H22O2S. The van der Waals surface area contributed by atoms with Gasteiger partial charge in [-0.15, -0.1) is 11.8 Å². The summed E-state index contributed by atoms with van der Waals surface area (Å²) in [5, 5.41) is 0.510. The number of hydrogen-bond donors (Lipinski definition) is 0. The van der Waals surface area contributed by atoms with Crippen LogP contribution in [0.3, 0.4) is 0 Å². The number of esters is 1. The standard InChI is InChI=1S/C16H22O2S/c1-12(2)19-14-9-7-6-8-13(14)10-11-15(17)18-16(3,4)5/h6-12H,1-5H3/b11-10+. The van der Waals surface area contributed by atoms with Gasteiger partial charge in [0.1, 0.15) is 5.60 Å². The normalized spacial score (nSPS) is 12.1. The molecule has 0 spiro atoms. The van der Waals surface area contributed by atoms with Crippen molar-refractivity contribution in [1.29, 1.82) is 0 Å². The molecule has 1 aromatic carbocycles. The number of rotatable bonds is 4. The van der Waals surface area contributed by atoms with Crippen molar-refractivity contribution in [2.24, 2.45) is 0 Å². The lowest BCUT2D eigenvalue weighted by Gasteiger charge is -2.18. The van der Waals surface area contributed by atoms with Crippen molar-refractivity contribution in [3.05, 3.63) is 35.9 Å². The van der Waals surface area contributed by atoms with Crippen molar-refractivity contribution in [2.45, 2.75) is 50.4 Å². The molecule has 0 saturated carbocycles. The fourth-order valence-electron chi connectivity index (χ4n) is 1.47. The fourth-order valence-corrected chi connectivity index (χ4v) is 2.41. The third kappa shape index (κ3) is 6.48. The molecule has 0 radical (unpaired) electrons. The molecule has 0 aromatic heterocycles. The first-order valence-electron chi connectivity index (χ1n) is 6.44. The van der Waals surface area contributed by atoms with E-state index in [0.29, 0.717) is 5.25 Å². The van der Waals surface area contributed by atoms with E-state index in [1.165, 1.54) is 11.0 Å². The maximum atomic E-state index is 11.6. The third-order valence-electron chi connectivity index (χ3n) is 2.09. The summed E-state index contributed by atoms with van der Waals surface area (Å²) in [4.78, 5) is 12.8. The van der Waals surface area contributed by atoms with E-state index in [9.17, 15) is 4.79 Å². The van der Waals surface area contributed by atoms with Gasteiger partial charge in [0.05, 0.1) is 0 Å². The summed E-state index contributed by atoms with van der Waals surface area (Å²) in [6.45, 7) is 9.89. The Morgan fingerprint density at radius 3 is 2.47 bits per heavy atom. The molecule has 1 aromatic rings. The number of carbonyl (C=O) groups excluding carboxylic acids is 1. The van der Waals surface area contributed by atoms with Crippen LogP contribution < -0.4 is 0 Å². The summed E-state index contributed by atoms with van der Waals surface area (Å²) in [5.41, 5.74) is 0.597. The van der Waals surface area contributed by atoms with Gasteiger partial charge in [-0.3, -0.25) is 0 Å². The number of carbonyl (C=O) groups is 1. The second-order valence-electron chi connectivity index (χ2n) is 5.57. The third-order valence-corrected chi connectivity index (χ3v) is 3.18. The van der Waals surface area contributed by atoms with Crippen molar-refractivity contribution in [3.63, 3.8) is 0 Å². The molecule has 0 aliphatic rings. The van der Waals surface area contributed by atoms with Gasteiger partial charge in [-0.2, -0.15) is 0 Å². The molecule has 0 aliphatic carbocycles. The predicted molar refractivity (Wildman–Crippen MR) is 82.3 cm³/mol. The Labute approximate surface area is 120 Å². The highest BCUT2D eigenvalue weighted by atomic mass is 32.2. The van der Waals surface area contributed by atoms with Gasteiger partial charge in [0, 0.05) is 16.2 Å². The van der Waals surface area contributed by atoms with Crippen LogP contribution in [0.25, 0.3) is 6.08 Å². The van der Waals surface area contributed by atoms with Crippen LogP contribution in [0.1, 0.15) is 40.2 Å². The van der Waals surface area contributed by atoms with Crippen molar-refractivity contribution in [3.8, 4) is 0 Å². The van der Waals surface area contributed by atoms with E-state index >= 15 is 0 Å². The molecule has 0 atom stereocenters. The molecule has 104 valence electrons. The smallest absolute Gasteiger partial charge is 0.331 e. The summed E-state index contributed by atoms with van der Waals surface area (Å²) < 4.78 is 5.25. The SMILES string of the molecule is CC(C)Sc1ccccc1/C=C/C(=O)OC(C)(C)C. The molecule has 0 amide bonds. The highest BCUT2D eigenvalue weighted by Gasteiger charge is 2.14. The van der Waals surface area contributed by atoms with Crippen molar-refractivity contribution < 1.29 is 9.53 Å². The largest absolute Gasteiger partial charge is 0.457 e. The lowest BCUT2D eigenvalue weighted by molar-refractivity contribution is -0.148. The van der Waals surface area contributed by atoms with Gasteiger partial charge in [0.2, 0.25) is 0 Å². The zero-order valence-electron chi connectivity index (χ0n) is 12.3. The van der Waals surface area contributed by atoms with Gasteiger partial charge in [-0.25, -0.2) is 4.79 Å². The molecule has 0 heterocycles. The molecule has 19 heavy (non-hydrogen) atoms. The summed E-state index contributed by atoms with van der Waals surface area (Å²) in [5.74, 6) is -0.308. The number of ether oxygens (including phenoxy) is 1. The summed E-state index contributed by atoms with van der Waals surface area (Å²) in [6.07, 6.45) is 3.31. The predicted octanol–water partition coefficient (Wildman–Crippen LogP) is 4.54. The zero-order valence-corrected chi connectivity index (χ0v) is 13.1. The van der Waals surface area contributed by atoms with E-state index in [-0.39, 0.29) is 5.97 Å². The Kier molecular flexibility index (Phi) is 5.67. The highest BCUT2D eigenvalue weighted by molar-refractivity contribution is 8.00. The average Bonchev–Trinajstić information content (AvgIpc) is 2.24. The Balaban J connectivity index is 2.79. The second kappa shape index (κ2) is 6.80. The topological polar surface area (TPSA) is 26.3 Å². The van der Waals surface area contributed by atoms with Crippen LogP contribution in [0, 0.1) is 0 Å². The molecule has 3 heteroatoms. The van der Waals surface area contributed by atoms with Crippen LogP contribution >= 0.6 is 11.8 Å². The Morgan fingerprint density at radius 2 is 1.89 bits per heavy atom. The van der Waals surface area contributed by atoms with E-state index < -0.39 is 5.60 Å². The molecule has 1 rings (SSSR count). The van der Waals surface area contributed by atoms with Gasteiger partial charge >= 0.3 is 5.97 Å². The van der Waals surface area contributed by atoms with E-state index in [0.717, 1.165) is 5.56 Å². The molecule has 0 bridgehead atoms. The molecular weight excluding hydrogens is 256 g/mol. The summed E-state index contributed by atoms with van der Waals surface area (Å²) >= 11 is 1.79. The number of thioether (sulfide) groups is 1. The van der Waals surface area contributed by atoms with E-state index in [1.807, 2.05) is 45.0 Å². The Hall–Kier alpha value is -1.22. The Bertz CT molecular complexity index is 456.